The van der Waals surface area contributed by atoms with Crippen LogP contribution in [0.15, 0.2) is 5.10 Å². The van der Waals surface area contributed by atoms with Crippen molar-refractivity contribution in [2.24, 2.45) is 5.10 Å². The Morgan fingerprint density at radius 1 is 1.19 bits per heavy atom. The van der Waals surface area contributed by atoms with Crippen molar-refractivity contribution in [1.82, 2.24) is 9.80 Å². The Kier molecular flexibility index (Phi) is 6.91. The van der Waals surface area contributed by atoms with Gasteiger partial charge in [0.05, 0.1) is 19.9 Å². The number of hydrogen-bond acceptors (Lipinski definition) is 3. The van der Waals surface area contributed by atoms with Gasteiger partial charge >= 0.3 is 0 Å². The van der Waals surface area contributed by atoms with E-state index in [0.717, 1.165) is 11.7 Å². The van der Waals surface area contributed by atoms with Crippen molar-refractivity contribution in [2.45, 2.75) is 13.8 Å². The zero-order valence-electron chi connectivity index (χ0n) is 10.3. The molecule has 0 unspecified atom stereocenters. The zero-order valence-corrected chi connectivity index (χ0v) is 13.1. The molecule has 0 aromatic heterocycles. The van der Waals surface area contributed by atoms with E-state index in [2.05, 4.69) is 29.3 Å². The molecule has 0 spiro atoms. The summed E-state index contributed by atoms with van der Waals surface area (Å²) in [6.07, 6.45) is 0. The van der Waals surface area contributed by atoms with E-state index in [0.29, 0.717) is 0 Å². The number of nitrogens with zero attached hydrogens (tertiary/aromatic N) is 6. The third-order valence-electron chi connectivity index (χ3n) is 2.17. The van der Waals surface area contributed by atoms with Gasteiger partial charge in [-0.05, 0) is 6.92 Å². The zero-order chi connectivity index (χ0) is 11.4. The van der Waals surface area contributed by atoms with Crippen LogP contribution in [-0.2, 0) is 32.7 Å². The molecule has 16 heavy (non-hydrogen) atoms. The molecule has 2 heterocycles. The Morgan fingerprint density at radius 2 is 1.81 bits per heavy atom. The quantitative estimate of drug-likeness (QED) is 0.624. The van der Waals surface area contributed by atoms with Crippen LogP contribution in [0.25, 0.3) is 10.9 Å². The first-order valence-corrected chi connectivity index (χ1v) is 4.53. The van der Waals surface area contributed by atoms with Crippen LogP contribution in [0, 0.1) is 13.3 Å². The van der Waals surface area contributed by atoms with Gasteiger partial charge in [0, 0.05) is 53.3 Å². The Balaban J connectivity index is 0.000000267. The second-order valence-corrected chi connectivity index (χ2v) is 3.24. The van der Waals surface area contributed by atoms with E-state index >= 15 is 0 Å². The topological polar surface area (TPSA) is 50.1 Å². The summed E-state index contributed by atoms with van der Waals surface area (Å²) in [6, 6.07) is 0. The average molecular weight is 296 g/mol. The number of rotatable bonds is 0. The Labute approximate surface area is 123 Å². The van der Waals surface area contributed by atoms with Gasteiger partial charge in [0.25, 0.3) is 0 Å². The molecule has 7 heteroatoms. The van der Waals surface area contributed by atoms with Gasteiger partial charge in [-0.25, -0.2) is 0 Å². The number of amidine groups is 2. The van der Waals surface area contributed by atoms with E-state index in [9.17, 15) is 0 Å². The van der Waals surface area contributed by atoms with Crippen molar-refractivity contribution in [3.63, 3.8) is 0 Å². The van der Waals surface area contributed by atoms with Crippen molar-refractivity contribution < 1.29 is 37.4 Å². The minimum atomic E-state index is 0. The summed E-state index contributed by atoms with van der Waals surface area (Å²) in [5.41, 5.74) is 7.38. The van der Waals surface area contributed by atoms with Gasteiger partial charge in [0.2, 0.25) is 5.84 Å². The van der Waals surface area contributed by atoms with Crippen LogP contribution in [0.1, 0.15) is 13.8 Å². The second kappa shape index (κ2) is 7.06. The van der Waals surface area contributed by atoms with E-state index in [1.54, 1.807) is 9.58 Å². The Bertz CT molecular complexity index is 288. The fourth-order valence-electron chi connectivity index (χ4n) is 0.797. The Hall–Kier alpha value is -0.356. The van der Waals surface area contributed by atoms with Crippen LogP contribution in [0.5, 0.6) is 0 Å². The monoisotopic (exact) mass is 296 g/mol. The van der Waals surface area contributed by atoms with Crippen molar-refractivity contribution in [3.05, 3.63) is 24.2 Å². The minimum absolute atomic E-state index is 0. The van der Waals surface area contributed by atoms with Gasteiger partial charge in [-0.15, -0.1) is 0 Å². The molecule has 2 rings (SSSR count). The Morgan fingerprint density at radius 3 is 1.94 bits per heavy atom. The fourth-order valence-corrected chi connectivity index (χ4v) is 0.797. The van der Waals surface area contributed by atoms with Gasteiger partial charge < -0.3 is 25.5 Å². The molecular weight excluding hydrogens is 281 g/mol. The van der Waals surface area contributed by atoms with E-state index in [-0.39, 0.29) is 32.7 Å². The molecule has 0 aromatic carbocycles. The molecule has 0 saturated carbocycles. The van der Waals surface area contributed by atoms with Gasteiger partial charge in [-0.1, -0.05) is 0 Å². The summed E-state index contributed by atoms with van der Waals surface area (Å²) in [7, 11) is 5.67. The third-order valence-corrected chi connectivity index (χ3v) is 2.17. The molecule has 0 aromatic rings. The maximum atomic E-state index is 3.87. The van der Waals surface area contributed by atoms with Crippen LogP contribution in [0.4, 0.5) is 0 Å². The molecule has 85 valence electrons. The van der Waals surface area contributed by atoms with Crippen molar-refractivity contribution in [1.29, 1.82) is 0 Å². The normalized spacial score (nSPS) is 18.2. The van der Waals surface area contributed by atoms with Crippen molar-refractivity contribution in [2.75, 3.05) is 21.1 Å². The molecule has 2 aliphatic heterocycles. The smallest absolute Gasteiger partial charge is 0.233 e. The van der Waals surface area contributed by atoms with Gasteiger partial charge in [-0.3, -0.25) is 4.90 Å². The van der Waals surface area contributed by atoms with E-state index in [4.69, 9.17) is 0 Å². The molecule has 0 saturated heterocycles. The van der Waals surface area contributed by atoms with Crippen LogP contribution in [0.2, 0.25) is 0 Å². The van der Waals surface area contributed by atoms with E-state index in [1.165, 1.54) is 0 Å². The molecule has 0 aliphatic carbocycles. The molecule has 0 fully saturated rings. The molecule has 0 amide bonds. The third kappa shape index (κ3) is 4.25. The standard InChI is InChI=1S/C5H9N3.C4H6N3.Y/c1-5-7(2)4-6-8(5)3;1-4-6-5-3-7(4)2;/h1-3H3;1-2H3;/q;-1;. The first-order valence-electron chi connectivity index (χ1n) is 4.53. The SMILES string of the molecule is CC1=N[N-][C]N1C.CC1=[N+](C)[N-][C]N1C.[Y]. The fraction of sp³-hybridized carbons (Fsp3) is 0.556. The van der Waals surface area contributed by atoms with Gasteiger partial charge in [-0.2, -0.15) is 0 Å². The molecule has 0 N–H and O–H groups in total. The summed E-state index contributed by atoms with van der Waals surface area (Å²) in [5.74, 6) is 1.99. The van der Waals surface area contributed by atoms with Crippen LogP contribution >= 0.6 is 0 Å². The first kappa shape index (κ1) is 15.6. The molecule has 0 atom stereocenters. The summed E-state index contributed by atoms with van der Waals surface area (Å²) in [4.78, 5) is 3.58. The van der Waals surface area contributed by atoms with Gasteiger partial charge in [0.15, 0.2) is 0 Å². The number of hydrogen-bond donors (Lipinski definition) is 0. The maximum absolute atomic E-state index is 3.87. The van der Waals surface area contributed by atoms with Crippen LogP contribution in [0.3, 0.4) is 0 Å². The first-order chi connectivity index (χ1) is 7.02. The summed E-state index contributed by atoms with van der Waals surface area (Å²) in [6.45, 7) is 9.26. The van der Waals surface area contributed by atoms with E-state index < -0.39 is 0 Å². The predicted molar refractivity (Wildman–Crippen MR) is 58.7 cm³/mol. The van der Waals surface area contributed by atoms with Gasteiger partial charge in [0.1, 0.15) is 6.67 Å². The average Bonchev–Trinajstić information content (AvgIpc) is 2.70. The summed E-state index contributed by atoms with van der Waals surface area (Å²) in [5, 5.41) is 3.67. The predicted octanol–water partition coefficient (Wildman–Crippen LogP) is 0.910. The van der Waals surface area contributed by atoms with Crippen LogP contribution in [-0.4, -0.2) is 47.3 Å². The van der Waals surface area contributed by atoms with Crippen LogP contribution < -0.4 is 0 Å². The van der Waals surface area contributed by atoms with Crippen molar-refractivity contribution in [3.8, 4) is 0 Å². The maximum Gasteiger partial charge on any atom is 0.233 e. The molecule has 6 nitrogen and oxygen atoms in total. The molecular formula is C9H15N6Y-. The second-order valence-electron chi connectivity index (χ2n) is 3.24. The van der Waals surface area contributed by atoms with E-state index in [1.807, 2.05) is 39.9 Å². The molecule has 0 bridgehead atoms. The summed E-state index contributed by atoms with van der Waals surface area (Å²) < 4.78 is 1.78. The molecule has 5 radical (unpaired) electrons. The largest absolute Gasteiger partial charge is 0.577 e. The van der Waals surface area contributed by atoms with Crippen molar-refractivity contribution >= 4 is 11.7 Å². The minimum Gasteiger partial charge on any atom is -0.577 e. The molecule has 2 aliphatic rings. The summed E-state index contributed by atoms with van der Waals surface area (Å²) >= 11 is 0.